The Hall–Kier alpha value is -0.850. The molecule has 2 rings (SSSR count). The van der Waals surface area contributed by atoms with E-state index in [9.17, 15) is 8.42 Å². The van der Waals surface area contributed by atoms with Gasteiger partial charge >= 0.3 is 0 Å². The predicted octanol–water partition coefficient (Wildman–Crippen LogP) is 2.59. The highest BCUT2D eigenvalue weighted by molar-refractivity contribution is 7.89. The largest absolute Gasteiger partial charge is 0.447 e. The van der Waals surface area contributed by atoms with Crippen LogP contribution in [0.4, 0.5) is 0 Å². The van der Waals surface area contributed by atoms with Crippen molar-refractivity contribution in [3.63, 3.8) is 0 Å². The van der Waals surface area contributed by atoms with Crippen LogP contribution in [0.25, 0.3) is 0 Å². The lowest BCUT2D eigenvalue weighted by atomic mass is 9.96. The molecular weight excluding hydrogens is 288 g/mol. The summed E-state index contributed by atoms with van der Waals surface area (Å²) >= 11 is 0. The van der Waals surface area contributed by atoms with Crippen molar-refractivity contribution in [1.82, 2.24) is 9.62 Å². The molecule has 1 aromatic heterocycles. The molecule has 0 radical (unpaired) electrons. The lowest BCUT2D eigenvalue weighted by molar-refractivity contribution is 0.363. The van der Waals surface area contributed by atoms with Crippen molar-refractivity contribution < 1.29 is 12.8 Å². The molecule has 0 amide bonds. The average molecular weight is 314 g/mol. The molecule has 0 saturated carbocycles. The Labute approximate surface area is 127 Å². The molecule has 1 aromatic rings. The smallest absolute Gasteiger partial charge is 0.276 e. The summed E-state index contributed by atoms with van der Waals surface area (Å²) in [6.07, 6.45) is 5.39. The van der Waals surface area contributed by atoms with E-state index in [4.69, 9.17) is 4.42 Å². The van der Waals surface area contributed by atoms with E-state index in [1.807, 2.05) is 0 Å². The summed E-state index contributed by atoms with van der Waals surface area (Å²) in [4.78, 5) is 0. The van der Waals surface area contributed by atoms with Crippen LogP contribution in [0.3, 0.4) is 0 Å². The minimum absolute atomic E-state index is 0.0710. The number of nitrogens with one attached hydrogen (secondary N) is 1. The monoisotopic (exact) mass is 314 g/mol. The zero-order chi connectivity index (χ0) is 15.3. The van der Waals surface area contributed by atoms with E-state index in [0.717, 1.165) is 19.3 Å². The van der Waals surface area contributed by atoms with Crippen LogP contribution >= 0.6 is 0 Å². The normalized spacial score (nSPS) is 21.3. The molecule has 1 N–H and O–H groups in total. The first-order valence-electron chi connectivity index (χ1n) is 7.81. The van der Waals surface area contributed by atoms with E-state index < -0.39 is 10.0 Å². The van der Waals surface area contributed by atoms with Crippen LogP contribution in [0.2, 0.25) is 0 Å². The molecule has 120 valence electrons. The zero-order valence-corrected chi connectivity index (χ0v) is 13.8. The van der Waals surface area contributed by atoms with Gasteiger partial charge in [0.05, 0.1) is 6.54 Å². The van der Waals surface area contributed by atoms with E-state index in [-0.39, 0.29) is 5.09 Å². The van der Waals surface area contributed by atoms with Gasteiger partial charge in [-0.25, -0.2) is 8.42 Å². The minimum Gasteiger partial charge on any atom is -0.447 e. The first-order valence-corrected chi connectivity index (χ1v) is 9.25. The Morgan fingerprint density at radius 2 is 2.14 bits per heavy atom. The second kappa shape index (κ2) is 7.42. The standard InChI is InChI=1S/C15H26N2O3S/c1-3-5-13-6-4-10-17(11-9-13)21(18,19)15-8-7-14(20-15)12-16-2/h7-8,13,16H,3-6,9-12H2,1-2H3. The number of hydrogen-bond donors (Lipinski definition) is 1. The van der Waals surface area contributed by atoms with Crippen molar-refractivity contribution in [3.05, 3.63) is 17.9 Å². The van der Waals surface area contributed by atoms with Gasteiger partial charge < -0.3 is 9.73 Å². The maximum absolute atomic E-state index is 12.6. The fraction of sp³-hybridized carbons (Fsp3) is 0.733. The summed E-state index contributed by atoms with van der Waals surface area (Å²) in [5.74, 6) is 1.31. The second-order valence-corrected chi connectivity index (χ2v) is 7.61. The third kappa shape index (κ3) is 4.08. The van der Waals surface area contributed by atoms with E-state index in [2.05, 4.69) is 12.2 Å². The Balaban J connectivity index is 2.07. The van der Waals surface area contributed by atoms with Gasteiger partial charge in [0.15, 0.2) is 0 Å². The molecule has 0 aliphatic carbocycles. The van der Waals surface area contributed by atoms with Crippen molar-refractivity contribution in [1.29, 1.82) is 0 Å². The highest BCUT2D eigenvalue weighted by Gasteiger charge is 2.29. The summed E-state index contributed by atoms with van der Waals surface area (Å²) < 4.78 is 32.3. The van der Waals surface area contributed by atoms with Crippen LogP contribution in [0.15, 0.2) is 21.6 Å². The minimum atomic E-state index is -3.48. The molecule has 1 saturated heterocycles. The Kier molecular flexibility index (Phi) is 5.84. The molecule has 1 atom stereocenters. The summed E-state index contributed by atoms with van der Waals surface area (Å²) in [5, 5.41) is 3.03. The topological polar surface area (TPSA) is 62.6 Å². The van der Waals surface area contributed by atoms with Crippen LogP contribution in [0.5, 0.6) is 0 Å². The Morgan fingerprint density at radius 1 is 1.33 bits per heavy atom. The third-order valence-corrected chi connectivity index (χ3v) is 5.86. The lowest BCUT2D eigenvalue weighted by Crippen LogP contribution is -2.31. The van der Waals surface area contributed by atoms with Gasteiger partial charge in [-0.2, -0.15) is 4.31 Å². The molecule has 6 heteroatoms. The number of hydrogen-bond acceptors (Lipinski definition) is 4. The van der Waals surface area contributed by atoms with E-state index in [0.29, 0.717) is 31.3 Å². The summed E-state index contributed by atoms with van der Waals surface area (Å²) in [6, 6.07) is 3.29. The van der Waals surface area contributed by atoms with Crippen LogP contribution < -0.4 is 5.32 Å². The van der Waals surface area contributed by atoms with Crippen LogP contribution in [-0.2, 0) is 16.6 Å². The first kappa shape index (κ1) is 16.5. The molecule has 5 nitrogen and oxygen atoms in total. The van der Waals surface area contributed by atoms with Crippen LogP contribution in [0.1, 0.15) is 44.8 Å². The summed E-state index contributed by atoms with van der Waals surface area (Å²) in [5.41, 5.74) is 0. The maximum Gasteiger partial charge on any atom is 0.276 e. The van der Waals surface area contributed by atoms with E-state index in [1.54, 1.807) is 23.5 Å². The molecule has 1 unspecified atom stereocenters. The molecule has 0 bridgehead atoms. The molecule has 0 aromatic carbocycles. The number of nitrogens with zero attached hydrogens (tertiary/aromatic N) is 1. The van der Waals surface area contributed by atoms with Gasteiger partial charge in [0, 0.05) is 13.1 Å². The fourth-order valence-corrected chi connectivity index (χ4v) is 4.39. The van der Waals surface area contributed by atoms with Crippen molar-refractivity contribution in [2.45, 2.75) is 50.7 Å². The molecule has 2 heterocycles. The van der Waals surface area contributed by atoms with Gasteiger partial charge in [-0.15, -0.1) is 0 Å². The van der Waals surface area contributed by atoms with Gasteiger partial charge in [0.2, 0.25) is 5.09 Å². The van der Waals surface area contributed by atoms with E-state index in [1.165, 1.54) is 12.8 Å². The summed E-state index contributed by atoms with van der Waals surface area (Å²) in [6.45, 7) is 3.93. The molecule has 21 heavy (non-hydrogen) atoms. The van der Waals surface area contributed by atoms with Gasteiger partial charge in [0.1, 0.15) is 5.76 Å². The van der Waals surface area contributed by atoms with Crippen molar-refractivity contribution in [3.8, 4) is 0 Å². The van der Waals surface area contributed by atoms with Crippen molar-refractivity contribution >= 4 is 10.0 Å². The highest BCUT2D eigenvalue weighted by Crippen LogP contribution is 2.26. The molecule has 1 aliphatic heterocycles. The van der Waals surface area contributed by atoms with Crippen molar-refractivity contribution in [2.75, 3.05) is 20.1 Å². The molecule has 1 fully saturated rings. The fourth-order valence-electron chi connectivity index (χ4n) is 2.97. The molecule has 1 aliphatic rings. The maximum atomic E-state index is 12.6. The third-order valence-electron chi connectivity index (χ3n) is 4.09. The van der Waals surface area contributed by atoms with Gasteiger partial charge in [0.25, 0.3) is 10.0 Å². The summed E-state index contributed by atoms with van der Waals surface area (Å²) in [7, 11) is -1.68. The lowest BCUT2D eigenvalue weighted by Gasteiger charge is -2.18. The van der Waals surface area contributed by atoms with Crippen LogP contribution in [0, 0.1) is 5.92 Å². The zero-order valence-electron chi connectivity index (χ0n) is 13.0. The molecule has 0 spiro atoms. The number of sulfonamides is 1. The second-order valence-electron chi connectivity index (χ2n) is 5.74. The average Bonchev–Trinajstić information content (AvgIpc) is 2.79. The number of rotatable bonds is 6. The van der Waals surface area contributed by atoms with Gasteiger partial charge in [-0.05, 0) is 44.4 Å². The quantitative estimate of drug-likeness (QED) is 0.876. The first-order chi connectivity index (χ1) is 10.1. The highest BCUT2D eigenvalue weighted by atomic mass is 32.2. The predicted molar refractivity (Wildman–Crippen MR) is 82.5 cm³/mol. The molecular formula is C15H26N2O3S. The number of furan rings is 1. The SMILES string of the molecule is CCCC1CCCN(S(=O)(=O)c2ccc(CNC)o2)CC1. The van der Waals surface area contributed by atoms with Crippen LogP contribution in [-0.4, -0.2) is 32.9 Å². The Morgan fingerprint density at radius 3 is 2.86 bits per heavy atom. The van der Waals surface area contributed by atoms with Crippen molar-refractivity contribution in [2.24, 2.45) is 5.92 Å². The Bertz CT molecular complexity index is 539. The van der Waals surface area contributed by atoms with E-state index >= 15 is 0 Å². The van der Waals surface area contributed by atoms with Gasteiger partial charge in [-0.3, -0.25) is 0 Å². The van der Waals surface area contributed by atoms with Gasteiger partial charge in [-0.1, -0.05) is 19.8 Å².